The zero-order chi connectivity index (χ0) is 11.8. The molecule has 0 aromatic carbocycles. The van der Waals surface area contributed by atoms with Crippen molar-refractivity contribution in [2.75, 3.05) is 10.6 Å². The second kappa shape index (κ2) is 4.17. The highest BCUT2D eigenvalue weighted by atomic mass is 15.3. The summed E-state index contributed by atoms with van der Waals surface area (Å²) in [5.74, 6) is 1.47. The summed E-state index contributed by atoms with van der Waals surface area (Å²) < 4.78 is 0. The van der Waals surface area contributed by atoms with Gasteiger partial charge >= 0.3 is 0 Å². The zero-order valence-electron chi connectivity index (χ0n) is 10.4. The number of nitrogens with two attached hydrogens (primary N) is 1. The van der Waals surface area contributed by atoms with Gasteiger partial charge in [0.2, 0.25) is 5.95 Å². The van der Waals surface area contributed by atoms with E-state index in [1.54, 1.807) is 0 Å². The van der Waals surface area contributed by atoms with Crippen molar-refractivity contribution < 1.29 is 0 Å². The molecule has 4 heteroatoms. The summed E-state index contributed by atoms with van der Waals surface area (Å²) in [6.45, 7) is 2.08. The first-order valence-corrected chi connectivity index (χ1v) is 6.63. The molecular formula is C13H20N4. The number of aromatic nitrogens is 2. The van der Waals surface area contributed by atoms with Crippen LogP contribution < -0.4 is 10.6 Å². The van der Waals surface area contributed by atoms with Crippen LogP contribution in [-0.2, 0) is 0 Å². The molecule has 3 rings (SSSR count). The molecule has 92 valence electrons. The first kappa shape index (κ1) is 10.8. The summed E-state index contributed by atoms with van der Waals surface area (Å²) in [6, 6.07) is 1.35. The maximum Gasteiger partial charge on any atom is 0.221 e. The Morgan fingerprint density at radius 2 is 1.82 bits per heavy atom. The van der Waals surface area contributed by atoms with E-state index in [2.05, 4.69) is 21.8 Å². The van der Waals surface area contributed by atoms with Gasteiger partial charge in [0.1, 0.15) is 5.82 Å². The van der Waals surface area contributed by atoms with Gasteiger partial charge < -0.3 is 10.6 Å². The van der Waals surface area contributed by atoms with Crippen LogP contribution in [-0.4, -0.2) is 22.1 Å². The molecule has 1 aromatic rings. The first-order chi connectivity index (χ1) is 8.25. The fourth-order valence-electron chi connectivity index (χ4n) is 3.34. The van der Waals surface area contributed by atoms with Gasteiger partial charge in [-0.1, -0.05) is 12.8 Å². The zero-order valence-corrected chi connectivity index (χ0v) is 10.4. The minimum absolute atomic E-state index is 0.397. The van der Waals surface area contributed by atoms with E-state index < -0.39 is 0 Å². The van der Waals surface area contributed by atoms with E-state index in [1.165, 1.54) is 38.5 Å². The summed E-state index contributed by atoms with van der Waals surface area (Å²) in [4.78, 5) is 11.1. The predicted molar refractivity (Wildman–Crippen MR) is 68.9 cm³/mol. The van der Waals surface area contributed by atoms with Gasteiger partial charge in [-0.25, -0.2) is 4.98 Å². The molecule has 2 fully saturated rings. The van der Waals surface area contributed by atoms with Crippen LogP contribution in [0, 0.1) is 6.92 Å². The van der Waals surface area contributed by atoms with E-state index in [0.717, 1.165) is 11.4 Å². The fraction of sp³-hybridized carbons (Fsp3) is 0.692. The monoisotopic (exact) mass is 232 g/mol. The average Bonchev–Trinajstić information content (AvgIpc) is 2.56. The van der Waals surface area contributed by atoms with Crippen LogP contribution in [0.4, 0.5) is 11.8 Å². The molecule has 2 bridgehead atoms. The quantitative estimate of drug-likeness (QED) is 0.807. The smallest absolute Gasteiger partial charge is 0.221 e. The molecule has 2 N–H and O–H groups in total. The van der Waals surface area contributed by atoms with Crippen LogP contribution >= 0.6 is 0 Å². The van der Waals surface area contributed by atoms with Crippen molar-refractivity contribution in [3.05, 3.63) is 11.8 Å². The number of rotatable bonds is 1. The Kier molecular flexibility index (Phi) is 2.65. The Hall–Kier alpha value is -1.32. The van der Waals surface area contributed by atoms with Gasteiger partial charge in [-0.3, -0.25) is 0 Å². The SMILES string of the molecule is Cc1cnc(N)nc1N1C2CCCCC1CC2. The van der Waals surface area contributed by atoms with Gasteiger partial charge in [0.15, 0.2) is 0 Å². The van der Waals surface area contributed by atoms with Crippen molar-refractivity contribution in [1.29, 1.82) is 0 Å². The van der Waals surface area contributed by atoms with Crippen LogP contribution in [0.1, 0.15) is 44.1 Å². The summed E-state index contributed by atoms with van der Waals surface area (Å²) in [5.41, 5.74) is 6.89. The molecule has 17 heavy (non-hydrogen) atoms. The molecule has 0 aliphatic carbocycles. The van der Waals surface area contributed by atoms with Crippen molar-refractivity contribution in [2.45, 2.75) is 57.5 Å². The van der Waals surface area contributed by atoms with Crippen LogP contribution in [0.3, 0.4) is 0 Å². The lowest BCUT2D eigenvalue weighted by Gasteiger charge is -2.30. The Bertz CT molecular complexity index is 404. The molecule has 0 amide bonds. The number of hydrogen-bond donors (Lipinski definition) is 1. The van der Waals surface area contributed by atoms with Gasteiger partial charge in [0.05, 0.1) is 0 Å². The molecule has 0 saturated carbocycles. The van der Waals surface area contributed by atoms with Crippen LogP contribution in [0.25, 0.3) is 0 Å². The molecule has 2 aliphatic heterocycles. The normalized spacial score (nSPS) is 28.2. The van der Waals surface area contributed by atoms with Crippen LogP contribution in [0.2, 0.25) is 0 Å². The Morgan fingerprint density at radius 1 is 1.18 bits per heavy atom. The highest BCUT2D eigenvalue weighted by molar-refractivity contribution is 5.51. The molecule has 4 nitrogen and oxygen atoms in total. The molecular weight excluding hydrogens is 212 g/mol. The fourth-order valence-corrected chi connectivity index (χ4v) is 3.34. The van der Waals surface area contributed by atoms with E-state index >= 15 is 0 Å². The Morgan fingerprint density at radius 3 is 2.47 bits per heavy atom. The van der Waals surface area contributed by atoms with E-state index in [0.29, 0.717) is 18.0 Å². The molecule has 0 radical (unpaired) electrons. The van der Waals surface area contributed by atoms with Crippen molar-refractivity contribution >= 4 is 11.8 Å². The van der Waals surface area contributed by atoms with Crippen molar-refractivity contribution in [1.82, 2.24) is 9.97 Å². The van der Waals surface area contributed by atoms with Gasteiger partial charge in [0, 0.05) is 23.8 Å². The molecule has 2 unspecified atom stereocenters. The lowest BCUT2D eigenvalue weighted by molar-refractivity contribution is 0.556. The largest absolute Gasteiger partial charge is 0.368 e. The highest BCUT2D eigenvalue weighted by Gasteiger charge is 2.36. The summed E-state index contributed by atoms with van der Waals surface area (Å²) in [6.07, 6.45) is 9.80. The number of fused-ring (bicyclic) bond motifs is 2. The summed E-state index contributed by atoms with van der Waals surface area (Å²) >= 11 is 0. The summed E-state index contributed by atoms with van der Waals surface area (Å²) in [7, 11) is 0. The lowest BCUT2D eigenvalue weighted by Crippen LogP contribution is -2.36. The maximum atomic E-state index is 5.74. The third-order valence-electron chi connectivity index (χ3n) is 4.15. The molecule has 0 spiro atoms. The molecule has 2 saturated heterocycles. The van der Waals surface area contributed by atoms with Crippen molar-refractivity contribution in [3.8, 4) is 0 Å². The molecule has 2 aliphatic rings. The third kappa shape index (κ3) is 1.85. The second-order valence-electron chi connectivity index (χ2n) is 5.31. The van der Waals surface area contributed by atoms with Gasteiger partial charge in [0.25, 0.3) is 0 Å². The van der Waals surface area contributed by atoms with Crippen molar-refractivity contribution in [3.63, 3.8) is 0 Å². The minimum Gasteiger partial charge on any atom is -0.368 e. The first-order valence-electron chi connectivity index (χ1n) is 6.63. The number of anilines is 2. The van der Waals surface area contributed by atoms with Gasteiger partial charge in [-0.2, -0.15) is 4.98 Å². The minimum atomic E-state index is 0.397. The van der Waals surface area contributed by atoms with Gasteiger partial charge in [-0.15, -0.1) is 0 Å². The number of nitrogen functional groups attached to an aromatic ring is 1. The summed E-state index contributed by atoms with van der Waals surface area (Å²) in [5, 5.41) is 0. The average molecular weight is 232 g/mol. The van der Waals surface area contributed by atoms with Crippen molar-refractivity contribution in [2.24, 2.45) is 0 Å². The highest BCUT2D eigenvalue weighted by Crippen LogP contribution is 2.38. The predicted octanol–water partition coefficient (Wildman–Crippen LogP) is 2.28. The van der Waals surface area contributed by atoms with Crippen LogP contribution in [0.15, 0.2) is 6.20 Å². The van der Waals surface area contributed by atoms with E-state index in [1.807, 2.05) is 6.20 Å². The third-order valence-corrected chi connectivity index (χ3v) is 4.15. The van der Waals surface area contributed by atoms with Gasteiger partial charge in [-0.05, 0) is 32.6 Å². The number of hydrogen-bond acceptors (Lipinski definition) is 4. The molecule has 3 heterocycles. The number of nitrogens with zero attached hydrogens (tertiary/aromatic N) is 3. The van der Waals surface area contributed by atoms with E-state index in [4.69, 9.17) is 5.73 Å². The number of aryl methyl sites for hydroxylation is 1. The lowest BCUT2D eigenvalue weighted by atomic mass is 10.0. The topological polar surface area (TPSA) is 55.0 Å². The molecule has 2 atom stereocenters. The van der Waals surface area contributed by atoms with Crippen LogP contribution in [0.5, 0.6) is 0 Å². The standard InChI is InChI=1S/C13H20N4/c1-9-8-15-13(14)16-12(9)17-10-4-2-3-5-11(17)7-6-10/h8,10-11H,2-7H2,1H3,(H2,14,15,16). The second-order valence-corrected chi connectivity index (χ2v) is 5.31. The van der Waals surface area contributed by atoms with E-state index in [9.17, 15) is 0 Å². The van der Waals surface area contributed by atoms with E-state index in [-0.39, 0.29) is 0 Å². The Balaban J connectivity index is 1.99. The molecule has 1 aromatic heterocycles. The maximum absolute atomic E-state index is 5.74. The Labute approximate surface area is 102 Å².